The predicted octanol–water partition coefficient (Wildman–Crippen LogP) is 4.93. The number of nitrogens with one attached hydrogen (secondary N) is 1. The fourth-order valence-corrected chi connectivity index (χ4v) is 5.34. The first-order chi connectivity index (χ1) is 19.0. The Hall–Kier alpha value is -3.27. The minimum absolute atomic E-state index is 0.00519. The molecule has 3 aromatic rings. The number of amides is 2. The molecular formula is C29H33Cl2N3O5S. The molecule has 0 aromatic heterocycles. The first kappa shape index (κ1) is 31.3. The summed E-state index contributed by atoms with van der Waals surface area (Å²) < 4.78 is 32.2. The van der Waals surface area contributed by atoms with Crippen LogP contribution in [0.2, 0.25) is 10.0 Å². The van der Waals surface area contributed by atoms with Gasteiger partial charge < -0.3 is 15.0 Å². The standard InChI is InChI=1S/C29H33Cl2N3O5S/c1-4-32-29(36)27(18-21-9-7-6-8-10-21)33(19-22-11-16-25(30)26(31)17-22)28(35)20-34(40(3,37)38)23-12-14-24(15-13-23)39-5-2/h6-17,27H,4-5,18-20H2,1-3H3,(H,32,36)/t27-/m0/s1. The molecule has 0 saturated heterocycles. The first-order valence-corrected chi connectivity index (χ1v) is 15.4. The topological polar surface area (TPSA) is 96.0 Å². The Balaban J connectivity index is 2.03. The van der Waals surface area contributed by atoms with E-state index in [0.717, 1.165) is 16.1 Å². The minimum Gasteiger partial charge on any atom is -0.494 e. The van der Waals surface area contributed by atoms with Gasteiger partial charge in [-0.05, 0) is 61.4 Å². The van der Waals surface area contributed by atoms with Crippen molar-refractivity contribution in [2.24, 2.45) is 0 Å². The molecule has 0 aliphatic carbocycles. The van der Waals surface area contributed by atoms with Gasteiger partial charge in [0.2, 0.25) is 21.8 Å². The molecule has 3 rings (SSSR count). The van der Waals surface area contributed by atoms with Gasteiger partial charge in [0.1, 0.15) is 18.3 Å². The maximum atomic E-state index is 14.0. The van der Waals surface area contributed by atoms with E-state index in [1.807, 2.05) is 37.3 Å². The Morgan fingerprint density at radius 3 is 2.17 bits per heavy atom. The molecule has 40 heavy (non-hydrogen) atoms. The predicted molar refractivity (Wildman–Crippen MR) is 159 cm³/mol. The molecule has 11 heteroatoms. The lowest BCUT2D eigenvalue weighted by Crippen LogP contribution is -2.53. The van der Waals surface area contributed by atoms with Crippen molar-refractivity contribution in [1.29, 1.82) is 0 Å². The Bertz CT molecular complexity index is 1400. The van der Waals surface area contributed by atoms with Gasteiger partial charge in [-0.3, -0.25) is 13.9 Å². The van der Waals surface area contributed by atoms with Crippen LogP contribution in [-0.2, 0) is 32.6 Å². The van der Waals surface area contributed by atoms with Crippen LogP contribution in [0.1, 0.15) is 25.0 Å². The van der Waals surface area contributed by atoms with Crippen LogP contribution in [-0.4, -0.2) is 57.1 Å². The zero-order valence-electron chi connectivity index (χ0n) is 22.6. The van der Waals surface area contributed by atoms with E-state index in [1.54, 1.807) is 49.4 Å². The molecule has 0 saturated carbocycles. The Labute approximate surface area is 245 Å². The number of sulfonamides is 1. The van der Waals surface area contributed by atoms with Crippen molar-refractivity contribution in [2.45, 2.75) is 32.9 Å². The SMILES string of the molecule is CCNC(=O)[C@H](Cc1ccccc1)N(Cc1ccc(Cl)c(Cl)c1)C(=O)CN(c1ccc(OCC)cc1)S(C)(=O)=O. The molecule has 0 fully saturated rings. The molecular weight excluding hydrogens is 573 g/mol. The smallest absolute Gasteiger partial charge is 0.244 e. The van der Waals surface area contributed by atoms with Crippen molar-refractivity contribution < 1.29 is 22.7 Å². The van der Waals surface area contributed by atoms with Crippen molar-refractivity contribution in [1.82, 2.24) is 10.2 Å². The molecule has 214 valence electrons. The molecule has 8 nitrogen and oxygen atoms in total. The highest BCUT2D eigenvalue weighted by Gasteiger charge is 2.33. The number of ether oxygens (including phenoxy) is 1. The van der Waals surface area contributed by atoms with E-state index in [2.05, 4.69) is 5.32 Å². The molecule has 3 aromatic carbocycles. The summed E-state index contributed by atoms with van der Waals surface area (Å²) in [4.78, 5) is 28.7. The van der Waals surface area contributed by atoms with Crippen LogP contribution in [0.3, 0.4) is 0 Å². The third-order valence-corrected chi connectivity index (χ3v) is 7.95. The van der Waals surface area contributed by atoms with Crippen LogP contribution >= 0.6 is 23.2 Å². The normalized spacial score (nSPS) is 11.9. The molecule has 0 radical (unpaired) electrons. The number of hydrogen-bond donors (Lipinski definition) is 1. The maximum absolute atomic E-state index is 14.0. The molecule has 0 spiro atoms. The van der Waals surface area contributed by atoms with Crippen molar-refractivity contribution >= 4 is 50.7 Å². The van der Waals surface area contributed by atoms with Crippen molar-refractivity contribution in [3.63, 3.8) is 0 Å². The van der Waals surface area contributed by atoms with Crippen LogP contribution in [0.25, 0.3) is 0 Å². The fraction of sp³-hybridized carbons (Fsp3) is 0.310. The number of likely N-dealkylation sites (N-methyl/N-ethyl adjacent to an activating group) is 1. The molecule has 2 amide bonds. The van der Waals surface area contributed by atoms with Crippen LogP contribution < -0.4 is 14.4 Å². The van der Waals surface area contributed by atoms with Crippen molar-refractivity contribution in [3.05, 3.63) is 94.0 Å². The Morgan fingerprint density at radius 2 is 1.60 bits per heavy atom. The molecule has 1 N–H and O–H groups in total. The first-order valence-electron chi connectivity index (χ1n) is 12.8. The summed E-state index contributed by atoms with van der Waals surface area (Å²) in [6.45, 7) is 3.95. The second-order valence-corrected chi connectivity index (χ2v) is 11.8. The highest BCUT2D eigenvalue weighted by Crippen LogP contribution is 2.26. The lowest BCUT2D eigenvalue weighted by Gasteiger charge is -2.33. The summed E-state index contributed by atoms with van der Waals surface area (Å²) in [7, 11) is -3.87. The van der Waals surface area contributed by atoms with Gasteiger partial charge in [0.15, 0.2) is 0 Å². The van der Waals surface area contributed by atoms with Gasteiger partial charge in [-0.25, -0.2) is 8.42 Å². The van der Waals surface area contributed by atoms with Gasteiger partial charge in [0.25, 0.3) is 0 Å². The summed E-state index contributed by atoms with van der Waals surface area (Å²) in [5, 5.41) is 3.47. The number of rotatable bonds is 13. The van der Waals surface area contributed by atoms with E-state index in [0.29, 0.717) is 40.2 Å². The number of carbonyl (C=O) groups is 2. The zero-order chi connectivity index (χ0) is 29.3. The van der Waals surface area contributed by atoms with Crippen molar-refractivity contribution in [2.75, 3.05) is 30.3 Å². The summed E-state index contributed by atoms with van der Waals surface area (Å²) in [5.41, 5.74) is 1.78. The Kier molecular flexibility index (Phi) is 11.2. The quantitative estimate of drug-likeness (QED) is 0.298. The van der Waals surface area contributed by atoms with E-state index in [-0.39, 0.29) is 18.9 Å². The molecule has 1 atom stereocenters. The van der Waals surface area contributed by atoms with Crippen LogP contribution in [0.15, 0.2) is 72.8 Å². The average Bonchev–Trinajstić information content (AvgIpc) is 2.92. The van der Waals surface area contributed by atoms with E-state index in [9.17, 15) is 18.0 Å². The monoisotopic (exact) mass is 605 g/mol. The van der Waals surface area contributed by atoms with E-state index in [4.69, 9.17) is 27.9 Å². The number of benzene rings is 3. The van der Waals surface area contributed by atoms with Crippen molar-refractivity contribution in [3.8, 4) is 5.75 Å². The second kappa shape index (κ2) is 14.4. The number of halogens is 2. The van der Waals surface area contributed by atoms with Gasteiger partial charge in [-0.2, -0.15) is 0 Å². The van der Waals surface area contributed by atoms with E-state index in [1.165, 1.54) is 4.90 Å². The molecule has 0 unspecified atom stereocenters. The lowest BCUT2D eigenvalue weighted by atomic mass is 10.0. The fourth-order valence-electron chi connectivity index (χ4n) is 4.17. The van der Waals surface area contributed by atoms with Gasteiger partial charge in [-0.1, -0.05) is 59.6 Å². The number of carbonyl (C=O) groups excluding carboxylic acids is 2. The average molecular weight is 607 g/mol. The summed E-state index contributed by atoms with van der Waals surface area (Å²) in [6.07, 6.45) is 1.26. The van der Waals surface area contributed by atoms with Gasteiger partial charge >= 0.3 is 0 Å². The van der Waals surface area contributed by atoms with E-state index >= 15 is 0 Å². The third-order valence-electron chi connectivity index (χ3n) is 6.07. The van der Waals surface area contributed by atoms with Gasteiger partial charge in [-0.15, -0.1) is 0 Å². The molecule has 0 bridgehead atoms. The van der Waals surface area contributed by atoms with Gasteiger partial charge in [0.05, 0.1) is 28.6 Å². The molecule has 0 aliphatic rings. The second-order valence-electron chi connectivity index (χ2n) is 9.07. The van der Waals surface area contributed by atoms with E-state index < -0.39 is 28.5 Å². The largest absolute Gasteiger partial charge is 0.494 e. The number of anilines is 1. The zero-order valence-corrected chi connectivity index (χ0v) is 25.0. The molecule has 0 aliphatic heterocycles. The number of nitrogens with zero attached hydrogens (tertiary/aromatic N) is 2. The maximum Gasteiger partial charge on any atom is 0.244 e. The number of hydrogen-bond acceptors (Lipinski definition) is 5. The van der Waals surface area contributed by atoms with Crippen LogP contribution in [0.4, 0.5) is 5.69 Å². The summed E-state index contributed by atoms with van der Waals surface area (Å²) in [6, 6.07) is 19.8. The van der Waals surface area contributed by atoms with Crippen LogP contribution in [0, 0.1) is 0 Å². The van der Waals surface area contributed by atoms with Crippen LogP contribution in [0.5, 0.6) is 5.75 Å². The lowest BCUT2D eigenvalue weighted by molar-refractivity contribution is -0.140. The Morgan fingerprint density at radius 1 is 0.925 bits per heavy atom. The van der Waals surface area contributed by atoms with Gasteiger partial charge in [0, 0.05) is 19.5 Å². The highest BCUT2D eigenvalue weighted by molar-refractivity contribution is 7.92. The summed E-state index contributed by atoms with van der Waals surface area (Å²) >= 11 is 12.3. The third kappa shape index (κ3) is 8.61. The highest BCUT2D eigenvalue weighted by atomic mass is 35.5. The molecule has 0 heterocycles. The minimum atomic E-state index is -3.87. The summed E-state index contributed by atoms with van der Waals surface area (Å²) in [5.74, 6) is -0.337.